The first-order valence-corrected chi connectivity index (χ1v) is 7.04. The minimum atomic E-state index is -0.484. The predicted octanol–water partition coefficient (Wildman–Crippen LogP) is 4.10. The Kier molecular flexibility index (Phi) is 5.31. The van der Waals surface area contributed by atoms with Crippen LogP contribution in [0.3, 0.4) is 0 Å². The number of esters is 1. The zero-order chi connectivity index (χ0) is 15.9. The molecule has 0 amide bonds. The van der Waals surface area contributed by atoms with Crippen LogP contribution in [0.1, 0.15) is 18.5 Å². The largest absolute Gasteiger partial charge is 0.463 e. The van der Waals surface area contributed by atoms with Gasteiger partial charge in [0.1, 0.15) is 5.82 Å². The van der Waals surface area contributed by atoms with Gasteiger partial charge in [0.2, 0.25) is 0 Å². The number of anilines is 1. The van der Waals surface area contributed by atoms with E-state index in [1.165, 1.54) is 12.1 Å². The normalized spacial score (nSPS) is 11.5. The van der Waals surface area contributed by atoms with Crippen LogP contribution in [0, 0.1) is 5.82 Å². The molecule has 0 aromatic heterocycles. The third-order valence-electron chi connectivity index (χ3n) is 3.17. The number of para-hydroxylation sites is 1. The summed E-state index contributed by atoms with van der Waals surface area (Å²) in [5.41, 5.74) is 1.85. The highest BCUT2D eigenvalue weighted by atomic mass is 19.1. The quantitative estimate of drug-likeness (QED) is 0.644. The van der Waals surface area contributed by atoms with E-state index in [1.807, 2.05) is 30.3 Å². The van der Waals surface area contributed by atoms with Gasteiger partial charge >= 0.3 is 5.97 Å². The van der Waals surface area contributed by atoms with Crippen LogP contribution in [-0.4, -0.2) is 12.6 Å². The standard InChI is InChI=1S/C18H18FNO2/c1-3-22-18(21)13(2)17(14-9-11-15(19)12-10-14)20-16-7-5-4-6-8-16/h4-12,17,20H,2-3H2,1H3/t17-/m1/s1. The van der Waals surface area contributed by atoms with Crippen molar-refractivity contribution in [2.75, 3.05) is 11.9 Å². The number of nitrogens with one attached hydrogen (secondary N) is 1. The Bertz CT molecular complexity index is 638. The molecule has 0 aliphatic rings. The minimum absolute atomic E-state index is 0.275. The van der Waals surface area contributed by atoms with Gasteiger partial charge < -0.3 is 10.1 Å². The number of rotatable bonds is 6. The Morgan fingerprint density at radius 2 is 1.82 bits per heavy atom. The lowest BCUT2D eigenvalue weighted by Gasteiger charge is -2.21. The third kappa shape index (κ3) is 3.95. The predicted molar refractivity (Wildman–Crippen MR) is 85.0 cm³/mol. The summed E-state index contributed by atoms with van der Waals surface area (Å²) in [7, 11) is 0. The molecule has 0 unspecified atom stereocenters. The molecule has 0 heterocycles. The van der Waals surface area contributed by atoms with Crippen molar-refractivity contribution in [2.45, 2.75) is 13.0 Å². The lowest BCUT2D eigenvalue weighted by atomic mass is 9.99. The number of benzene rings is 2. The Labute approximate surface area is 129 Å². The molecule has 0 aliphatic heterocycles. The van der Waals surface area contributed by atoms with Crippen LogP contribution in [0.25, 0.3) is 0 Å². The average molecular weight is 299 g/mol. The second-order valence-electron chi connectivity index (χ2n) is 4.74. The third-order valence-corrected chi connectivity index (χ3v) is 3.17. The Morgan fingerprint density at radius 1 is 1.18 bits per heavy atom. The van der Waals surface area contributed by atoms with Gasteiger partial charge in [-0.3, -0.25) is 0 Å². The summed E-state index contributed by atoms with van der Waals surface area (Å²) in [5.74, 6) is -0.802. The van der Waals surface area contributed by atoms with E-state index in [0.29, 0.717) is 0 Å². The molecule has 22 heavy (non-hydrogen) atoms. The molecule has 1 atom stereocenters. The van der Waals surface area contributed by atoms with Crippen molar-refractivity contribution in [2.24, 2.45) is 0 Å². The maximum absolute atomic E-state index is 13.1. The topological polar surface area (TPSA) is 38.3 Å². The van der Waals surface area contributed by atoms with Crippen LogP contribution < -0.4 is 5.32 Å². The first-order valence-electron chi connectivity index (χ1n) is 7.04. The van der Waals surface area contributed by atoms with Crippen molar-refractivity contribution in [1.29, 1.82) is 0 Å². The van der Waals surface area contributed by atoms with E-state index in [-0.39, 0.29) is 18.0 Å². The number of carbonyl (C=O) groups is 1. The van der Waals surface area contributed by atoms with Crippen molar-refractivity contribution in [3.05, 3.63) is 78.1 Å². The number of hydrogen-bond donors (Lipinski definition) is 1. The van der Waals surface area contributed by atoms with E-state index in [1.54, 1.807) is 19.1 Å². The van der Waals surface area contributed by atoms with Crippen LogP contribution in [0.2, 0.25) is 0 Å². The van der Waals surface area contributed by atoms with Crippen LogP contribution >= 0.6 is 0 Å². The molecule has 1 N–H and O–H groups in total. The van der Waals surface area contributed by atoms with E-state index in [2.05, 4.69) is 11.9 Å². The van der Waals surface area contributed by atoms with Crippen molar-refractivity contribution in [1.82, 2.24) is 0 Å². The number of carbonyl (C=O) groups excluding carboxylic acids is 1. The van der Waals surface area contributed by atoms with Gasteiger partial charge in [-0.15, -0.1) is 0 Å². The average Bonchev–Trinajstić information content (AvgIpc) is 2.54. The van der Waals surface area contributed by atoms with Gasteiger partial charge in [-0.05, 0) is 36.8 Å². The first kappa shape index (κ1) is 15.8. The molecule has 0 aliphatic carbocycles. The van der Waals surface area contributed by atoms with Gasteiger partial charge in [0, 0.05) is 5.69 Å². The summed E-state index contributed by atoms with van der Waals surface area (Å²) in [6, 6.07) is 14.9. The molecule has 0 radical (unpaired) electrons. The fourth-order valence-corrected chi connectivity index (χ4v) is 2.07. The number of halogens is 1. The fraction of sp³-hybridized carbons (Fsp3) is 0.167. The summed E-state index contributed by atoms with van der Waals surface area (Å²) in [6.45, 7) is 5.85. The van der Waals surface area contributed by atoms with Crippen LogP contribution in [-0.2, 0) is 9.53 Å². The molecule has 2 aromatic rings. The van der Waals surface area contributed by atoms with E-state index < -0.39 is 12.0 Å². The molecular weight excluding hydrogens is 281 g/mol. The van der Waals surface area contributed by atoms with Gasteiger partial charge in [0.15, 0.2) is 0 Å². The molecule has 0 bridgehead atoms. The molecule has 4 heteroatoms. The second kappa shape index (κ2) is 7.41. The lowest BCUT2D eigenvalue weighted by Crippen LogP contribution is -2.20. The van der Waals surface area contributed by atoms with Gasteiger partial charge in [0.25, 0.3) is 0 Å². The van der Waals surface area contributed by atoms with E-state index in [9.17, 15) is 9.18 Å². The Morgan fingerprint density at radius 3 is 2.41 bits per heavy atom. The molecular formula is C18H18FNO2. The lowest BCUT2D eigenvalue weighted by molar-refractivity contribution is -0.138. The molecule has 114 valence electrons. The smallest absolute Gasteiger partial charge is 0.335 e. The summed E-state index contributed by atoms with van der Waals surface area (Å²) >= 11 is 0. The molecule has 2 rings (SSSR count). The number of ether oxygens (including phenoxy) is 1. The highest BCUT2D eigenvalue weighted by Gasteiger charge is 2.22. The van der Waals surface area contributed by atoms with Crippen molar-refractivity contribution in [3.63, 3.8) is 0 Å². The molecule has 0 saturated carbocycles. The van der Waals surface area contributed by atoms with Crippen molar-refractivity contribution < 1.29 is 13.9 Å². The van der Waals surface area contributed by atoms with E-state index in [0.717, 1.165) is 11.3 Å². The fourth-order valence-electron chi connectivity index (χ4n) is 2.07. The van der Waals surface area contributed by atoms with E-state index >= 15 is 0 Å². The Hall–Kier alpha value is -2.62. The molecule has 2 aromatic carbocycles. The minimum Gasteiger partial charge on any atom is -0.463 e. The summed E-state index contributed by atoms with van der Waals surface area (Å²) in [6.07, 6.45) is 0. The molecule has 0 fully saturated rings. The molecule has 3 nitrogen and oxygen atoms in total. The van der Waals surface area contributed by atoms with Gasteiger partial charge in [-0.1, -0.05) is 36.9 Å². The SMILES string of the molecule is C=C(C(=O)OCC)[C@@H](Nc1ccccc1)c1ccc(F)cc1. The summed E-state index contributed by atoms with van der Waals surface area (Å²) in [5, 5.41) is 3.23. The van der Waals surface area contributed by atoms with Gasteiger partial charge in [0.05, 0.1) is 18.2 Å². The second-order valence-corrected chi connectivity index (χ2v) is 4.74. The van der Waals surface area contributed by atoms with Gasteiger partial charge in [-0.2, -0.15) is 0 Å². The maximum Gasteiger partial charge on any atom is 0.335 e. The number of hydrogen-bond acceptors (Lipinski definition) is 3. The highest BCUT2D eigenvalue weighted by Crippen LogP contribution is 2.26. The summed E-state index contributed by atoms with van der Waals surface area (Å²) < 4.78 is 18.1. The monoisotopic (exact) mass is 299 g/mol. The van der Waals surface area contributed by atoms with Crippen molar-refractivity contribution >= 4 is 11.7 Å². The highest BCUT2D eigenvalue weighted by molar-refractivity contribution is 5.90. The van der Waals surface area contributed by atoms with Gasteiger partial charge in [-0.25, -0.2) is 9.18 Å². The maximum atomic E-state index is 13.1. The van der Waals surface area contributed by atoms with E-state index in [4.69, 9.17) is 4.74 Å². The first-order chi connectivity index (χ1) is 10.6. The summed E-state index contributed by atoms with van der Waals surface area (Å²) in [4.78, 5) is 12.0. The zero-order valence-corrected chi connectivity index (χ0v) is 12.4. The van der Waals surface area contributed by atoms with Crippen LogP contribution in [0.15, 0.2) is 66.7 Å². The molecule has 0 saturated heterocycles. The van der Waals surface area contributed by atoms with Crippen LogP contribution in [0.5, 0.6) is 0 Å². The van der Waals surface area contributed by atoms with Crippen LogP contribution in [0.4, 0.5) is 10.1 Å². The Balaban J connectivity index is 2.29. The molecule has 0 spiro atoms. The van der Waals surface area contributed by atoms with Crippen molar-refractivity contribution in [3.8, 4) is 0 Å². The zero-order valence-electron chi connectivity index (χ0n) is 12.4.